The van der Waals surface area contributed by atoms with Crippen LogP contribution >= 0.6 is 0 Å². The Balaban J connectivity index is 0.00000289. The summed E-state index contributed by atoms with van der Waals surface area (Å²) in [5.41, 5.74) is 0.831. The Morgan fingerprint density at radius 1 is 1.33 bits per heavy atom. The summed E-state index contributed by atoms with van der Waals surface area (Å²) in [6, 6.07) is 6.41. The molecule has 1 atom stereocenters. The average Bonchev–Trinajstić information content (AvgIpc) is 2.29. The van der Waals surface area contributed by atoms with Crippen molar-refractivity contribution in [1.29, 1.82) is 0 Å². The van der Waals surface area contributed by atoms with Crippen molar-refractivity contribution in [3.63, 3.8) is 0 Å². The van der Waals surface area contributed by atoms with Gasteiger partial charge in [0.2, 0.25) is 0 Å². The van der Waals surface area contributed by atoms with Crippen LogP contribution in [0.2, 0.25) is 0 Å². The van der Waals surface area contributed by atoms with Crippen LogP contribution in [0.4, 0.5) is 0 Å². The summed E-state index contributed by atoms with van der Waals surface area (Å²) in [6.07, 6.45) is 1.54. The number of rotatable bonds is 5. The Kier molecular flexibility index (Phi) is 7.91. The summed E-state index contributed by atoms with van der Waals surface area (Å²) in [6.45, 7) is 3.59. The van der Waals surface area contributed by atoms with Crippen LogP contribution in [0.3, 0.4) is 0 Å². The molecule has 0 saturated carbocycles. The normalized spacial score (nSPS) is 12.2. The van der Waals surface area contributed by atoms with Crippen molar-refractivity contribution in [2.45, 2.75) is 19.9 Å². The molecule has 92 valence electrons. The summed E-state index contributed by atoms with van der Waals surface area (Å²) in [5.74, 6) is -0.485. The number of carbonyl (C=O) groups excluding carboxylic acids is 1. The molecule has 0 aromatic heterocycles. The van der Waals surface area contributed by atoms with Gasteiger partial charge in [0.25, 0.3) is 0 Å². The zero-order chi connectivity index (χ0) is 12.8. The summed E-state index contributed by atoms with van der Waals surface area (Å²) in [7, 11) is 1.59. The van der Waals surface area contributed by atoms with E-state index in [0.717, 1.165) is 11.3 Å². The minimum Gasteiger partial charge on any atom is -0.548 e. The van der Waals surface area contributed by atoms with Crippen molar-refractivity contribution in [1.82, 2.24) is 0 Å². The van der Waals surface area contributed by atoms with Gasteiger partial charge in [-0.05, 0) is 35.7 Å². The maximum Gasteiger partial charge on any atom is 1.00 e. The van der Waals surface area contributed by atoms with Crippen molar-refractivity contribution in [3.05, 3.63) is 29.8 Å². The molecular formula is C13H16NNaO3. The molecular weight excluding hydrogens is 241 g/mol. The Hall–Kier alpha value is -0.840. The van der Waals surface area contributed by atoms with Gasteiger partial charge in [-0.1, -0.05) is 13.8 Å². The number of hydrogen-bond donors (Lipinski definition) is 0. The number of ether oxygens (including phenoxy) is 1. The van der Waals surface area contributed by atoms with Gasteiger partial charge >= 0.3 is 29.6 Å². The third-order valence-electron chi connectivity index (χ3n) is 2.37. The molecule has 1 aromatic carbocycles. The fourth-order valence-electron chi connectivity index (χ4n) is 1.36. The van der Waals surface area contributed by atoms with E-state index in [1.54, 1.807) is 39.3 Å². The molecule has 0 amide bonds. The minimum atomic E-state index is -1.15. The van der Waals surface area contributed by atoms with Crippen LogP contribution in [-0.4, -0.2) is 25.3 Å². The van der Waals surface area contributed by atoms with E-state index < -0.39 is 12.0 Å². The first-order valence-electron chi connectivity index (χ1n) is 5.42. The molecule has 0 aliphatic heterocycles. The fourth-order valence-corrected chi connectivity index (χ4v) is 1.36. The number of hydrogen-bond acceptors (Lipinski definition) is 4. The maximum atomic E-state index is 10.8. The summed E-state index contributed by atoms with van der Waals surface area (Å²) in [4.78, 5) is 14.8. The van der Waals surface area contributed by atoms with E-state index in [1.807, 2.05) is 12.1 Å². The summed E-state index contributed by atoms with van der Waals surface area (Å²) < 4.78 is 5.02. The van der Waals surface area contributed by atoms with E-state index in [0.29, 0.717) is 0 Å². The molecule has 0 bridgehead atoms. The van der Waals surface area contributed by atoms with Gasteiger partial charge in [0.15, 0.2) is 0 Å². The van der Waals surface area contributed by atoms with Gasteiger partial charge in [0.1, 0.15) is 5.75 Å². The van der Waals surface area contributed by atoms with E-state index in [9.17, 15) is 9.90 Å². The molecule has 1 rings (SSSR count). The van der Waals surface area contributed by atoms with Crippen molar-refractivity contribution in [3.8, 4) is 5.75 Å². The molecule has 0 radical (unpaired) electrons. The number of benzene rings is 1. The van der Waals surface area contributed by atoms with Gasteiger partial charge in [-0.25, -0.2) is 0 Å². The molecule has 0 unspecified atom stereocenters. The van der Waals surface area contributed by atoms with Gasteiger partial charge in [-0.3, -0.25) is 4.99 Å². The Labute approximate surface area is 129 Å². The van der Waals surface area contributed by atoms with Gasteiger partial charge in [-0.15, -0.1) is 0 Å². The predicted octanol–water partition coefficient (Wildman–Crippen LogP) is -2.11. The predicted molar refractivity (Wildman–Crippen MR) is 64.2 cm³/mol. The summed E-state index contributed by atoms with van der Waals surface area (Å²) >= 11 is 0. The molecule has 0 aliphatic rings. The third-order valence-corrected chi connectivity index (χ3v) is 2.37. The number of aliphatic carboxylic acids is 1. The number of carbonyl (C=O) groups is 1. The quantitative estimate of drug-likeness (QED) is 0.448. The van der Waals surface area contributed by atoms with Crippen molar-refractivity contribution >= 4 is 12.2 Å². The largest absolute Gasteiger partial charge is 1.00 e. The molecule has 0 spiro atoms. The standard InChI is InChI=1S/C13H17NO3.Na/c1-9(2)12(13(15)16)14-8-10-4-6-11(17-3)7-5-10;/h4-9,12H,1-3H3,(H,15,16);/q;+1/p-1/t12-;/m0./s1. The van der Waals surface area contributed by atoms with E-state index in [1.165, 1.54) is 0 Å². The number of carboxylic acids is 1. The third kappa shape index (κ3) is 5.21. The number of carboxylic acid groups (broad SMARTS) is 1. The SMILES string of the molecule is COc1ccc(C=N[C@H](C(=O)[O-])C(C)C)cc1.[Na+]. The molecule has 0 fully saturated rings. The van der Waals surface area contributed by atoms with E-state index >= 15 is 0 Å². The fraction of sp³-hybridized carbons (Fsp3) is 0.385. The van der Waals surface area contributed by atoms with Gasteiger partial charge < -0.3 is 14.6 Å². The molecule has 0 aliphatic carbocycles. The van der Waals surface area contributed by atoms with Crippen LogP contribution in [0.25, 0.3) is 0 Å². The maximum absolute atomic E-state index is 10.8. The molecule has 18 heavy (non-hydrogen) atoms. The van der Waals surface area contributed by atoms with Crippen LogP contribution in [0, 0.1) is 5.92 Å². The molecule has 5 heteroatoms. The molecule has 0 saturated heterocycles. The Bertz CT molecular complexity index is 401. The van der Waals surface area contributed by atoms with Crippen LogP contribution < -0.4 is 39.4 Å². The van der Waals surface area contributed by atoms with Crippen molar-refractivity contribution in [2.75, 3.05) is 7.11 Å². The topological polar surface area (TPSA) is 61.7 Å². The zero-order valence-electron chi connectivity index (χ0n) is 11.2. The second-order valence-electron chi connectivity index (χ2n) is 4.06. The number of nitrogens with zero attached hydrogens (tertiary/aromatic N) is 1. The second kappa shape index (κ2) is 8.29. The molecule has 1 aromatic rings. The van der Waals surface area contributed by atoms with Crippen molar-refractivity contribution in [2.24, 2.45) is 10.9 Å². The number of methoxy groups -OCH3 is 1. The van der Waals surface area contributed by atoms with Gasteiger partial charge in [0, 0.05) is 6.21 Å². The Morgan fingerprint density at radius 3 is 2.28 bits per heavy atom. The zero-order valence-corrected chi connectivity index (χ0v) is 13.2. The van der Waals surface area contributed by atoms with Crippen LogP contribution in [-0.2, 0) is 4.79 Å². The van der Waals surface area contributed by atoms with Gasteiger partial charge in [-0.2, -0.15) is 0 Å². The Morgan fingerprint density at radius 2 is 1.89 bits per heavy atom. The monoisotopic (exact) mass is 257 g/mol. The van der Waals surface area contributed by atoms with E-state index in [-0.39, 0.29) is 35.5 Å². The summed E-state index contributed by atoms with van der Waals surface area (Å²) in [5, 5.41) is 10.8. The van der Waals surface area contributed by atoms with Crippen molar-refractivity contribution < 1.29 is 44.2 Å². The first kappa shape index (κ1) is 17.2. The smallest absolute Gasteiger partial charge is 0.548 e. The molecule has 0 heterocycles. The second-order valence-corrected chi connectivity index (χ2v) is 4.06. The van der Waals surface area contributed by atoms with Crippen LogP contribution in [0.15, 0.2) is 29.3 Å². The molecule has 4 nitrogen and oxygen atoms in total. The first-order valence-corrected chi connectivity index (χ1v) is 5.42. The van der Waals surface area contributed by atoms with Gasteiger partial charge in [0.05, 0.1) is 19.1 Å². The van der Waals surface area contributed by atoms with E-state index in [4.69, 9.17) is 4.74 Å². The van der Waals surface area contributed by atoms with Crippen LogP contribution in [0.1, 0.15) is 19.4 Å². The minimum absolute atomic E-state index is 0. The molecule has 0 N–H and O–H groups in total. The number of aliphatic imine (C=N–C) groups is 1. The average molecular weight is 257 g/mol. The first-order chi connectivity index (χ1) is 8.04. The van der Waals surface area contributed by atoms with Crippen LogP contribution in [0.5, 0.6) is 5.75 Å². The van der Waals surface area contributed by atoms with E-state index in [2.05, 4.69) is 4.99 Å².